The molecule has 19 heavy (non-hydrogen) atoms. The van der Waals surface area contributed by atoms with Gasteiger partial charge in [0.25, 0.3) is 0 Å². The molecule has 4 nitrogen and oxygen atoms in total. The molecule has 0 fully saturated rings. The number of nitrogen functional groups attached to an aromatic ring is 1. The topological polar surface area (TPSA) is 63.8 Å². The number of aryl methyl sites for hydroxylation is 1. The van der Waals surface area contributed by atoms with Crippen LogP contribution in [0, 0.1) is 0 Å². The molecule has 0 aliphatic rings. The number of unbranched alkanes of at least 4 members (excludes halogenated alkanes) is 3. The van der Waals surface area contributed by atoms with Gasteiger partial charge in [0.1, 0.15) is 17.5 Å². The standard InChI is InChI=1S/C14H26N4S/c1-3-8-13-17-12(15)11-14(18-13)16-9-6-4-5-7-10-19-2/h11H,3-10H2,1-2H3,(H3,15,16,17,18). The Morgan fingerprint density at radius 3 is 2.74 bits per heavy atom. The second kappa shape index (κ2) is 9.89. The zero-order valence-corrected chi connectivity index (χ0v) is 12.9. The number of nitrogens with two attached hydrogens (primary N) is 1. The first kappa shape index (κ1) is 16.1. The van der Waals surface area contributed by atoms with Crippen LogP contribution in [0.1, 0.15) is 44.9 Å². The van der Waals surface area contributed by atoms with Gasteiger partial charge in [-0.1, -0.05) is 19.8 Å². The maximum atomic E-state index is 5.78. The van der Waals surface area contributed by atoms with Crippen molar-refractivity contribution in [1.29, 1.82) is 0 Å². The van der Waals surface area contributed by atoms with Gasteiger partial charge in [0.2, 0.25) is 0 Å². The number of nitrogens with zero attached hydrogens (tertiary/aromatic N) is 2. The van der Waals surface area contributed by atoms with E-state index in [9.17, 15) is 0 Å². The van der Waals surface area contributed by atoms with Crippen LogP contribution in [0.3, 0.4) is 0 Å². The van der Waals surface area contributed by atoms with Crippen molar-refractivity contribution in [1.82, 2.24) is 9.97 Å². The molecule has 1 aromatic heterocycles. The first-order valence-corrected chi connectivity index (χ1v) is 8.52. The fourth-order valence-electron chi connectivity index (χ4n) is 1.89. The Morgan fingerprint density at radius 1 is 1.21 bits per heavy atom. The molecule has 1 heterocycles. The highest BCUT2D eigenvalue weighted by Gasteiger charge is 2.01. The maximum absolute atomic E-state index is 5.78. The summed E-state index contributed by atoms with van der Waals surface area (Å²) in [7, 11) is 0. The second-order valence-corrected chi connectivity index (χ2v) is 5.66. The van der Waals surface area contributed by atoms with Gasteiger partial charge in [-0.05, 0) is 31.3 Å². The largest absolute Gasteiger partial charge is 0.384 e. The van der Waals surface area contributed by atoms with Crippen molar-refractivity contribution in [2.75, 3.05) is 29.6 Å². The molecule has 0 bridgehead atoms. The average Bonchev–Trinajstić information content (AvgIpc) is 2.37. The lowest BCUT2D eigenvalue weighted by molar-refractivity contribution is 0.688. The summed E-state index contributed by atoms with van der Waals surface area (Å²) in [4.78, 5) is 8.69. The molecule has 0 aliphatic heterocycles. The predicted molar refractivity (Wildman–Crippen MR) is 85.8 cm³/mol. The summed E-state index contributed by atoms with van der Waals surface area (Å²) in [6, 6.07) is 1.81. The van der Waals surface area contributed by atoms with Crippen molar-refractivity contribution in [3.05, 3.63) is 11.9 Å². The van der Waals surface area contributed by atoms with E-state index in [1.807, 2.05) is 17.8 Å². The Balaban J connectivity index is 2.25. The van der Waals surface area contributed by atoms with Crippen molar-refractivity contribution in [2.24, 2.45) is 0 Å². The van der Waals surface area contributed by atoms with E-state index in [-0.39, 0.29) is 0 Å². The normalized spacial score (nSPS) is 10.6. The Bertz CT molecular complexity index is 357. The third-order valence-corrected chi connectivity index (χ3v) is 3.54. The molecule has 108 valence electrons. The van der Waals surface area contributed by atoms with E-state index < -0.39 is 0 Å². The van der Waals surface area contributed by atoms with Gasteiger partial charge >= 0.3 is 0 Å². The van der Waals surface area contributed by atoms with Crippen LogP contribution in [-0.2, 0) is 6.42 Å². The van der Waals surface area contributed by atoms with E-state index in [0.29, 0.717) is 5.82 Å². The van der Waals surface area contributed by atoms with Gasteiger partial charge in [0, 0.05) is 19.0 Å². The van der Waals surface area contributed by atoms with E-state index in [4.69, 9.17) is 5.73 Å². The predicted octanol–water partition coefficient (Wildman–Crippen LogP) is 3.35. The summed E-state index contributed by atoms with van der Waals surface area (Å²) >= 11 is 1.92. The van der Waals surface area contributed by atoms with E-state index in [1.165, 1.54) is 31.4 Å². The molecule has 0 amide bonds. The highest BCUT2D eigenvalue weighted by Crippen LogP contribution is 2.10. The van der Waals surface area contributed by atoms with E-state index in [0.717, 1.165) is 31.0 Å². The number of aromatic nitrogens is 2. The van der Waals surface area contributed by atoms with Gasteiger partial charge < -0.3 is 11.1 Å². The molecule has 1 rings (SSSR count). The Hall–Kier alpha value is -0.970. The zero-order chi connectivity index (χ0) is 13.9. The van der Waals surface area contributed by atoms with Crippen molar-refractivity contribution >= 4 is 23.4 Å². The van der Waals surface area contributed by atoms with Gasteiger partial charge in [0.05, 0.1) is 0 Å². The zero-order valence-electron chi connectivity index (χ0n) is 12.1. The van der Waals surface area contributed by atoms with Gasteiger partial charge in [-0.3, -0.25) is 0 Å². The average molecular weight is 282 g/mol. The SMILES string of the molecule is CCCc1nc(N)cc(NCCCCCCSC)n1. The number of nitrogens with one attached hydrogen (secondary N) is 1. The highest BCUT2D eigenvalue weighted by atomic mass is 32.2. The molecule has 0 unspecified atom stereocenters. The summed E-state index contributed by atoms with van der Waals surface area (Å²) in [5.74, 6) is 3.53. The van der Waals surface area contributed by atoms with Gasteiger partial charge in [0.15, 0.2) is 0 Å². The minimum atomic E-state index is 0.556. The van der Waals surface area contributed by atoms with Crippen LogP contribution in [0.25, 0.3) is 0 Å². The third-order valence-electron chi connectivity index (χ3n) is 2.85. The monoisotopic (exact) mass is 282 g/mol. The molecule has 5 heteroatoms. The van der Waals surface area contributed by atoms with Crippen LogP contribution in [0.15, 0.2) is 6.07 Å². The molecule has 0 saturated heterocycles. The lowest BCUT2D eigenvalue weighted by Crippen LogP contribution is -2.07. The summed E-state index contributed by atoms with van der Waals surface area (Å²) in [5, 5.41) is 3.34. The minimum Gasteiger partial charge on any atom is -0.384 e. The van der Waals surface area contributed by atoms with Crippen molar-refractivity contribution < 1.29 is 0 Å². The van der Waals surface area contributed by atoms with Gasteiger partial charge in [-0.15, -0.1) is 0 Å². The van der Waals surface area contributed by atoms with Crippen molar-refractivity contribution in [2.45, 2.75) is 45.4 Å². The van der Waals surface area contributed by atoms with Crippen LogP contribution in [0.2, 0.25) is 0 Å². The molecule has 0 aromatic carbocycles. The van der Waals surface area contributed by atoms with Crippen LogP contribution in [0.4, 0.5) is 11.6 Å². The summed E-state index contributed by atoms with van der Waals surface area (Å²) in [6.07, 6.45) is 9.18. The molecular weight excluding hydrogens is 256 g/mol. The Kier molecular flexibility index (Phi) is 8.38. The number of hydrogen-bond donors (Lipinski definition) is 2. The molecule has 0 radical (unpaired) electrons. The first-order valence-electron chi connectivity index (χ1n) is 7.12. The molecule has 0 atom stereocenters. The van der Waals surface area contributed by atoms with E-state index in [1.54, 1.807) is 0 Å². The molecule has 0 saturated carbocycles. The number of hydrogen-bond acceptors (Lipinski definition) is 5. The fourth-order valence-corrected chi connectivity index (χ4v) is 2.38. The summed E-state index contributed by atoms with van der Waals surface area (Å²) < 4.78 is 0. The lowest BCUT2D eigenvalue weighted by Gasteiger charge is -2.08. The second-order valence-electron chi connectivity index (χ2n) is 4.68. The maximum Gasteiger partial charge on any atom is 0.133 e. The van der Waals surface area contributed by atoms with E-state index >= 15 is 0 Å². The van der Waals surface area contributed by atoms with Crippen LogP contribution < -0.4 is 11.1 Å². The molecule has 1 aromatic rings. The Morgan fingerprint density at radius 2 is 2.00 bits per heavy atom. The fraction of sp³-hybridized carbons (Fsp3) is 0.714. The molecular formula is C14H26N4S. The Labute approximate surface area is 121 Å². The third kappa shape index (κ3) is 7.25. The van der Waals surface area contributed by atoms with Crippen LogP contribution in [-0.4, -0.2) is 28.5 Å². The minimum absolute atomic E-state index is 0.556. The number of anilines is 2. The van der Waals surface area contributed by atoms with Crippen LogP contribution >= 0.6 is 11.8 Å². The van der Waals surface area contributed by atoms with Gasteiger partial charge in [-0.2, -0.15) is 11.8 Å². The van der Waals surface area contributed by atoms with E-state index in [2.05, 4.69) is 28.5 Å². The smallest absolute Gasteiger partial charge is 0.133 e. The summed E-state index contributed by atoms with van der Waals surface area (Å²) in [6.45, 7) is 3.08. The highest BCUT2D eigenvalue weighted by molar-refractivity contribution is 7.98. The van der Waals surface area contributed by atoms with Crippen molar-refractivity contribution in [3.63, 3.8) is 0 Å². The van der Waals surface area contributed by atoms with Crippen molar-refractivity contribution in [3.8, 4) is 0 Å². The number of thioether (sulfide) groups is 1. The van der Waals surface area contributed by atoms with Crippen LogP contribution in [0.5, 0.6) is 0 Å². The molecule has 0 aliphatic carbocycles. The molecule has 3 N–H and O–H groups in total. The van der Waals surface area contributed by atoms with Gasteiger partial charge in [-0.25, -0.2) is 9.97 Å². The first-order chi connectivity index (χ1) is 9.26. The summed E-state index contributed by atoms with van der Waals surface area (Å²) in [5.41, 5.74) is 5.78. The lowest BCUT2D eigenvalue weighted by atomic mass is 10.2. The number of rotatable bonds is 10. The quantitative estimate of drug-likeness (QED) is 0.644. The molecule has 0 spiro atoms.